The van der Waals surface area contributed by atoms with Crippen molar-refractivity contribution in [1.29, 1.82) is 0 Å². The van der Waals surface area contributed by atoms with Crippen molar-refractivity contribution in [3.8, 4) is 0 Å². The van der Waals surface area contributed by atoms with Crippen LogP contribution >= 0.6 is 0 Å². The number of ketones is 1. The van der Waals surface area contributed by atoms with Gasteiger partial charge < -0.3 is 34.1 Å². The van der Waals surface area contributed by atoms with Gasteiger partial charge in [0.15, 0.2) is 18.2 Å². The van der Waals surface area contributed by atoms with Gasteiger partial charge in [0.1, 0.15) is 12.7 Å². The van der Waals surface area contributed by atoms with E-state index >= 15 is 0 Å². The summed E-state index contributed by atoms with van der Waals surface area (Å²) in [7, 11) is 0. The van der Waals surface area contributed by atoms with Crippen molar-refractivity contribution in [3.05, 3.63) is 0 Å². The average molecular weight is 820 g/mol. The fourth-order valence-corrected chi connectivity index (χ4v) is 12.8. The number of esters is 3. The summed E-state index contributed by atoms with van der Waals surface area (Å²) >= 11 is 0. The van der Waals surface area contributed by atoms with Gasteiger partial charge in [0.05, 0.1) is 24.4 Å². The molecule has 4 rings (SSSR count). The molecule has 1 aliphatic heterocycles. The van der Waals surface area contributed by atoms with Crippen LogP contribution in [0.1, 0.15) is 161 Å². The first-order valence-corrected chi connectivity index (χ1v) is 22.6. The molecule has 0 aromatic rings. The molecule has 11 heteroatoms. The molecule has 2 unspecified atom stereocenters. The summed E-state index contributed by atoms with van der Waals surface area (Å²) in [6, 6.07) is -0.479. The molecular weight excluding hydrogens is 739 g/mol. The van der Waals surface area contributed by atoms with Gasteiger partial charge in [-0.15, -0.1) is 0 Å². The molecule has 0 aromatic carbocycles. The Labute approximate surface area is 350 Å². The Bertz CT molecular complexity index is 1450. The third-order valence-electron chi connectivity index (χ3n) is 16.6. The van der Waals surface area contributed by atoms with E-state index in [0.29, 0.717) is 37.6 Å². The summed E-state index contributed by atoms with van der Waals surface area (Å²) in [5, 5.41) is 13.1. The highest BCUT2D eigenvalue weighted by Gasteiger charge is 2.64. The first kappa shape index (κ1) is 48.6. The zero-order chi connectivity index (χ0) is 43.6. The van der Waals surface area contributed by atoms with Crippen molar-refractivity contribution in [2.24, 2.45) is 57.2 Å². The largest absolute Gasteiger partial charge is 0.466 e. The molecule has 0 radical (unpaired) electrons. The number of hydrogen-bond acceptors (Lipinski definition) is 11. The number of rotatable bonds is 17. The van der Waals surface area contributed by atoms with E-state index in [1.54, 1.807) is 0 Å². The number of aliphatic hydroxyl groups is 1. The SMILES string of the molecule is CC[C@H]1O[C@H](O[C@@](C)(CCCN[C@H](C(=O)CO)C(C)C)C2CC[C@@](C)([C@]3(C)CCC4C(C)(C)[C@@H](C)CC[C@]4(C)C3)[C@@H]2COC(C)=O)[C@H](OC(C)=O)[C@@H](C)[C@@H]1OC(C)=O. The molecule has 11 nitrogen and oxygen atoms in total. The quantitative estimate of drug-likeness (QED) is 0.0832. The van der Waals surface area contributed by atoms with Gasteiger partial charge in [-0.3, -0.25) is 19.2 Å². The van der Waals surface area contributed by atoms with Gasteiger partial charge in [0.2, 0.25) is 0 Å². The summed E-state index contributed by atoms with van der Waals surface area (Å²) in [5.41, 5.74) is -0.588. The van der Waals surface area contributed by atoms with Gasteiger partial charge in [-0.05, 0) is 123 Å². The Balaban J connectivity index is 1.76. The van der Waals surface area contributed by atoms with Crippen molar-refractivity contribution in [2.45, 2.75) is 197 Å². The van der Waals surface area contributed by atoms with Crippen molar-refractivity contribution in [1.82, 2.24) is 5.32 Å². The number of Topliss-reactive ketones (excluding diaryl/α,β-unsaturated/α-hetero) is 1. The minimum absolute atomic E-state index is 0.000614. The van der Waals surface area contributed by atoms with Gasteiger partial charge >= 0.3 is 17.9 Å². The summed E-state index contributed by atoms with van der Waals surface area (Å²) in [5.74, 6) is -0.662. The van der Waals surface area contributed by atoms with Crippen LogP contribution in [-0.2, 0) is 42.9 Å². The third kappa shape index (κ3) is 9.99. The van der Waals surface area contributed by atoms with E-state index in [9.17, 15) is 24.3 Å². The standard InChI is InChI=1S/C47H81NO10/c1-15-37-40(55-32(7)51)30(5)41(56-33(8)52)42(57-37)58-47(14,20-16-24-48-39(28(2)3)36(53)25-49)34-18-23-46(13,35(34)26-54-31(6)50)45(12)22-19-38-43(9,10)29(4)17-21-44(38,11)27-45/h28-30,34-35,37-42,48-49H,15-27H2,1-14H3/t29-,30-,34?,35+,37+,38?,39-,40-,41+,42+,44+,45+,46+,47-/m0/s1. The number of aliphatic hydroxyl groups excluding tert-OH is 1. The van der Waals surface area contributed by atoms with Crippen LogP contribution in [0.2, 0.25) is 0 Å². The van der Waals surface area contributed by atoms with E-state index in [4.69, 9.17) is 23.7 Å². The molecule has 334 valence electrons. The maximum atomic E-state index is 12.7. The van der Waals surface area contributed by atoms with Crippen molar-refractivity contribution >= 4 is 23.7 Å². The van der Waals surface area contributed by atoms with E-state index < -0.39 is 60.7 Å². The zero-order valence-corrected chi connectivity index (χ0v) is 38.7. The molecule has 0 spiro atoms. The fourth-order valence-electron chi connectivity index (χ4n) is 12.8. The third-order valence-corrected chi connectivity index (χ3v) is 16.6. The van der Waals surface area contributed by atoms with Gasteiger partial charge in [-0.25, -0.2) is 0 Å². The highest BCUT2D eigenvalue weighted by molar-refractivity contribution is 5.85. The fraction of sp³-hybridized carbons (Fsp3) is 0.915. The molecule has 0 aromatic heterocycles. The van der Waals surface area contributed by atoms with Gasteiger partial charge in [-0.1, -0.05) is 69.2 Å². The molecular formula is C47H81NO10. The van der Waals surface area contributed by atoms with E-state index in [1.807, 2.05) is 27.7 Å². The van der Waals surface area contributed by atoms with E-state index in [2.05, 4.69) is 53.8 Å². The van der Waals surface area contributed by atoms with Crippen LogP contribution in [0.5, 0.6) is 0 Å². The summed E-state index contributed by atoms with van der Waals surface area (Å²) in [6.45, 7) is 29.3. The maximum absolute atomic E-state index is 12.7. The number of carbonyl (C=O) groups is 4. The average Bonchev–Trinajstić information content (AvgIpc) is 3.49. The summed E-state index contributed by atoms with van der Waals surface area (Å²) in [4.78, 5) is 50.2. The lowest BCUT2D eigenvalue weighted by Crippen LogP contribution is -2.60. The molecule has 58 heavy (non-hydrogen) atoms. The second kappa shape index (κ2) is 18.9. The van der Waals surface area contributed by atoms with Crippen molar-refractivity contribution in [3.63, 3.8) is 0 Å². The Hall–Kier alpha value is -2.08. The van der Waals surface area contributed by atoms with Crippen LogP contribution in [0.4, 0.5) is 0 Å². The second-order valence-corrected chi connectivity index (χ2v) is 21.0. The number of hydrogen-bond donors (Lipinski definition) is 2. The van der Waals surface area contributed by atoms with Crippen molar-refractivity contribution < 1.29 is 48.0 Å². The first-order chi connectivity index (χ1) is 26.9. The van der Waals surface area contributed by atoms with E-state index in [1.165, 1.54) is 40.0 Å². The maximum Gasteiger partial charge on any atom is 0.303 e. The summed E-state index contributed by atoms with van der Waals surface area (Å²) < 4.78 is 31.8. The molecule has 3 aliphatic carbocycles. The highest BCUT2D eigenvalue weighted by Crippen LogP contribution is 2.70. The van der Waals surface area contributed by atoms with Crippen LogP contribution in [0.3, 0.4) is 0 Å². The Morgan fingerprint density at radius 1 is 0.897 bits per heavy atom. The number of nitrogens with one attached hydrogen (secondary N) is 1. The number of carbonyl (C=O) groups excluding carboxylic acids is 4. The predicted octanol–water partition coefficient (Wildman–Crippen LogP) is 8.22. The molecule has 1 heterocycles. The van der Waals surface area contributed by atoms with Gasteiger partial charge in [0, 0.05) is 32.6 Å². The minimum Gasteiger partial charge on any atom is -0.466 e. The van der Waals surface area contributed by atoms with E-state index in [-0.39, 0.29) is 57.8 Å². The van der Waals surface area contributed by atoms with Gasteiger partial charge in [-0.2, -0.15) is 0 Å². The second-order valence-electron chi connectivity index (χ2n) is 21.0. The molecule has 2 N–H and O–H groups in total. The Morgan fingerprint density at radius 3 is 2.10 bits per heavy atom. The number of fused-ring (bicyclic) bond motifs is 1. The molecule has 4 fully saturated rings. The van der Waals surface area contributed by atoms with Crippen LogP contribution in [0, 0.1) is 57.2 Å². The lowest BCUT2D eigenvalue weighted by atomic mass is 9.41. The molecule has 14 atom stereocenters. The van der Waals surface area contributed by atoms with Crippen LogP contribution in [0.15, 0.2) is 0 Å². The lowest BCUT2D eigenvalue weighted by molar-refractivity contribution is -0.324. The van der Waals surface area contributed by atoms with E-state index in [0.717, 1.165) is 25.7 Å². The molecule has 0 amide bonds. The van der Waals surface area contributed by atoms with Crippen LogP contribution in [0.25, 0.3) is 0 Å². The molecule has 0 bridgehead atoms. The van der Waals surface area contributed by atoms with Crippen LogP contribution < -0.4 is 5.32 Å². The minimum atomic E-state index is -0.953. The Kier molecular flexibility index (Phi) is 15.8. The normalized spacial score (nSPS) is 38.9. The smallest absolute Gasteiger partial charge is 0.303 e. The van der Waals surface area contributed by atoms with Crippen LogP contribution in [-0.4, -0.2) is 84.8 Å². The number of ether oxygens (including phenoxy) is 5. The first-order valence-electron chi connectivity index (χ1n) is 22.6. The molecule has 1 saturated heterocycles. The summed E-state index contributed by atoms with van der Waals surface area (Å²) in [6.07, 6.45) is 6.48. The molecule has 4 aliphatic rings. The van der Waals surface area contributed by atoms with Gasteiger partial charge in [0.25, 0.3) is 0 Å². The monoisotopic (exact) mass is 820 g/mol. The Morgan fingerprint density at radius 2 is 1.53 bits per heavy atom. The highest BCUT2D eigenvalue weighted by atomic mass is 16.7. The van der Waals surface area contributed by atoms with Crippen molar-refractivity contribution in [2.75, 3.05) is 19.8 Å². The lowest BCUT2D eigenvalue weighted by Gasteiger charge is -2.64. The predicted molar refractivity (Wildman–Crippen MR) is 223 cm³/mol. The zero-order valence-electron chi connectivity index (χ0n) is 38.7. The molecule has 3 saturated carbocycles. The topological polar surface area (TPSA) is 147 Å².